The largest absolute Gasteiger partial charge is 0.315 e. The van der Waals surface area contributed by atoms with E-state index < -0.39 is 0 Å². The van der Waals surface area contributed by atoms with Crippen LogP contribution in [0.3, 0.4) is 0 Å². The Kier molecular flexibility index (Phi) is 5.03. The first-order valence-electron chi connectivity index (χ1n) is 5.19. The Balaban J connectivity index is 2.83. The minimum atomic E-state index is -0.305. The number of nitrogens with one attached hydrogen (secondary N) is 1. The van der Waals surface area contributed by atoms with Gasteiger partial charge in [-0.3, -0.25) is 0 Å². The summed E-state index contributed by atoms with van der Waals surface area (Å²) in [5.74, 6) is 0.329. The predicted octanol–water partition coefficient (Wildman–Crippen LogP) is 3.59. The summed E-state index contributed by atoms with van der Waals surface area (Å²) in [5.41, 5.74) is 0.322. The van der Waals surface area contributed by atoms with E-state index in [0.717, 1.165) is 0 Å². The van der Waals surface area contributed by atoms with Crippen LogP contribution in [0, 0.1) is 5.82 Å². The molecule has 0 atom stereocenters. The van der Waals surface area contributed by atoms with Gasteiger partial charge < -0.3 is 5.32 Å². The van der Waals surface area contributed by atoms with Crippen LogP contribution in [0.5, 0.6) is 0 Å². The zero-order chi connectivity index (χ0) is 12.2. The van der Waals surface area contributed by atoms with E-state index in [2.05, 4.69) is 5.32 Å². The maximum atomic E-state index is 13.7. The number of halogens is 3. The highest BCUT2D eigenvalue weighted by Crippen LogP contribution is 2.27. The molecule has 0 unspecified atom stereocenters. The van der Waals surface area contributed by atoms with E-state index in [0.29, 0.717) is 29.6 Å². The van der Waals surface area contributed by atoms with Crippen molar-refractivity contribution in [2.75, 3.05) is 19.0 Å². The summed E-state index contributed by atoms with van der Waals surface area (Å²) in [6, 6.07) is 4.64. The highest BCUT2D eigenvalue weighted by molar-refractivity contribution is 6.30. The van der Waals surface area contributed by atoms with E-state index in [1.54, 1.807) is 12.1 Å². The Morgan fingerprint density at radius 2 is 2.06 bits per heavy atom. The monoisotopic (exact) mass is 263 g/mol. The number of hydrogen-bond acceptors (Lipinski definition) is 1. The highest BCUT2D eigenvalue weighted by atomic mass is 35.5. The molecule has 0 radical (unpaired) electrons. The summed E-state index contributed by atoms with van der Waals surface area (Å²) in [5, 5.41) is 3.74. The van der Waals surface area contributed by atoms with Crippen LogP contribution in [-0.2, 0) is 5.41 Å². The Morgan fingerprint density at radius 3 is 2.69 bits per heavy atom. The maximum Gasteiger partial charge on any atom is 0.127 e. The Labute approximate surface area is 106 Å². The lowest BCUT2D eigenvalue weighted by Crippen LogP contribution is -2.34. The average Bonchev–Trinajstić information content (AvgIpc) is 2.22. The molecule has 0 amide bonds. The van der Waals surface area contributed by atoms with Gasteiger partial charge in [0.05, 0.1) is 0 Å². The zero-order valence-corrected chi connectivity index (χ0v) is 11.0. The average molecular weight is 264 g/mol. The topological polar surface area (TPSA) is 12.0 Å². The molecule has 1 nitrogen and oxygen atoms in total. The van der Waals surface area contributed by atoms with Crippen molar-refractivity contribution in [3.8, 4) is 0 Å². The number of rotatable bonds is 5. The zero-order valence-electron chi connectivity index (χ0n) is 9.49. The van der Waals surface area contributed by atoms with E-state index in [4.69, 9.17) is 23.2 Å². The normalized spacial score (nSPS) is 11.8. The predicted molar refractivity (Wildman–Crippen MR) is 68.0 cm³/mol. The van der Waals surface area contributed by atoms with Crippen molar-refractivity contribution in [1.29, 1.82) is 0 Å². The van der Waals surface area contributed by atoms with Crippen molar-refractivity contribution in [2.24, 2.45) is 0 Å². The van der Waals surface area contributed by atoms with Gasteiger partial charge in [0.2, 0.25) is 0 Å². The molecule has 0 heterocycles. The second-order valence-corrected chi connectivity index (χ2v) is 5.19. The molecule has 1 aromatic carbocycles. The highest BCUT2D eigenvalue weighted by Gasteiger charge is 2.23. The molecule has 0 aromatic heterocycles. The first-order chi connectivity index (χ1) is 7.47. The van der Waals surface area contributed by atoms with Gasteiger partial charge in [-0.15, -0.1) is 11.6 Å². The summed E-state index contributed by atoms with van der Waals surface area (Å²) in [6.07, 6.45) is 0. The van der Waals surface area contributed by atoms with Gasteiger partial charge in [0, 0.05) is 29.4 Å². The van der Waals surface area contributed by atoms with Gasteiger partial charge in [0.15, 0.2) is 0 Å². The van der Waals surface area contributed by atoms with E-state index >= 15 is 0 Å². The molecular formula is C12H16Cl2FN. The van der Waals surface area contributed by atoms with Gasteiger partial charge in [0.1, 0.15) is 5.82 Å². The molecule has 90 valence electrons. The van der Waals surface area contributed by atoms with Crippen molar-refractivity contribution in [3.63, 3.8) is 0 Å². The van der Waals surface area contributed by atoms with Gasteiger partial charge >= 0.3 is 0 Å². The molecule has 0 bridgehead atoms. The molecule has 1 N–H and O–H groups in total. The van der Waals surface area contributed by atoms with Crippen LogP contribution in [0.15, 0.2) is 18.2 Å². The van der Waals surface area contributed by atoms with Gasteiger partial charge in [0.25, 0.3) is 0 Å². The summed E-state index contributed by atoms with van der Waals surface area (Å²) >= 11 is 11.5. The molecule has 1 rings (SSSR count). The van der Waals surface area contributed by atoms with Crippen LogP contribution in [0.25, 0.3) is 0 Å². The molecule has 1 aromatic rings. The number of hydrogen-bond donors (Lipinski definition) is 1. The Morgan fingerprint density at radius 1 is 1.38 bits per heavy atom. The second kappa shape index (κ2) is 5.85. The van der Waals surface area contributed by atoms with Crippen molar-refractivity contribution >= 4 is 23.2 Å². The van der Waals surface area contributed by atoms with E-state index in [1.807, 2.05) is 13.8 Å². The molecule has 0 spiro atoms. The Bertz CT molecular complexity index is 353. The number of alkyl halides is 1. The van der Waals surface area contributed by atoms with Crippen molar-refractivity contribution in [2.45, 2.75) is 19.3 Å². The minimum absolute atomic E-state index is 0.220. The van der Waals surface area contributed by atoms with Crippen LogP contribution in [0.4, 0.5) is 4.39 Å². The summed E-state index contributed by atoms with van der Waals surface area (Å²) < 4.78 is 13.7. The molecule has 0 aliphatic rings. The standard InChI is InChI=1S/C12H16Cl2FN/c1-12(2,8-16-6-5-13)10-7-9(14)3-4-11(10)15/h3-4,7,16H,5-6,8H2,1-2H3. The lowest BCUT2D eigenvalue weighted by atomic mass is 9.84. The van der Waals surface area contributed by atoms with Crippen LogP contribution >= 0.6 is 23.2 Å². The quantitative estimate of drug-likeness (QED) is 0.633. The maximum absolute atomic E-state index is 13.7. The molecule has 0 aliphatic heterocycles. The van der Waals surface area contributed by atoms with Crippen LogP contribution in [-0.4, -0.2) is 19.0 Å². The lowest BCUT2D eigenvalue weighted by molar-refractivity contribution is 0.451. The number of benzene rings is 1. The van der Waals surface area contributed by atoms with Gasteiger partial charge in [-0.05, 0) is 23.8 Å². The summed E-state index contributed by atoms with van der Waals surface area (Å²) in [4.78, 5) is 0. The van der Waals surface area contributed by atoms with E-state index in [-0.39, 0.29) is 11.2 Å². The molecule has 16 heavy (non-hydrogen) atoms. The first kappa shape index (κ1) is 13.8. The lowest BCUT2D eigenvalue weighted by Gasteiger charge is -2.26. The minimum Gasteiger partial charge on any atom is -0.315 e. The molecule has 0 saturated carbocycles. The second-order valence-electron chi connectivity index (χ2n) is 4.37. The molecule has 0 aliphatic carbocycles. The third-order valence-corrected chi connectivity index (χ3v) is 2.92. The van der Waals surface area contributed by atoms with Crippen molar-refractivity contribution in [3.05, 3.63) is 34.6 Å². The van der Waals surface area contributed by atoms with Crippen LogP contribution in [0.2, 0.25) is 5.02 Å². The fourth-order valence-corrected chi connectivity index (χ4v) is 1.88. The van der Waals surface area contributed by atoms with Crippen LogP contribution < -0.4 is 5.32 Å². The fourth-order valence-electron chi connectivity index (χ4n) is 1.58. The first-order valence-corrected chi connectivity index (χ1v) is 6.11. The Hall–Kier alpha value is -0.310. The molecule has 0 fully saturated rings. The van der Waals surface area contributed by atoms with E-state index in [9.17, 15) is 4.39 Å². The fraction of sp³-hybridized carbons (Fsp3) is 0.500. The third kappa shape index (κ3) is 3.62. The van der Waals surface area contributed by atoms with Crippen molar-refractivity contribution < 1.29 is 4.39 Å². The van der Waals surface area contributed by atoms with Gasteiger partial charge in [-0.25, -0.2) is 4.39 Å². The van der Waals surface area contributed by atoms with Gasteiger partial charge in [-0.1, -0.05) is 25.4 Å². The van der Waals surface area contributed by atoms with Crippen LogP contribution in [0.1, 0.15) is 19.4 Å². The van der Waals surface area contributed by atoms with Gasteiger partial charge in [-0.2, -0.15) is 0 Å². The summed E-state index contributed by atoms with van der Waals surface area (Å²) in [7, 11) is 0. The molecular weight excluding hydrogens is 248 g/mol. The molecule has 0 saturated heterocycles. The van der Waals surface area contributed by atoms with Crippen molar-refractivity contribution in [1.82, 2.24) is 5.32 Å². The summed E-state index contributed by atoms with van der Waals surface area (Å²) in [6.45, 7) is 5.33. The molecule has 4 heteroatoms. The smallest absolute Gasteiger partial charge is 0.127 e. The van der Waals surface area contributed by atoms with E-state index in [1.165, 1.54) is 6.07 Å². The third-order valence-electron chi connectivity index (χ3n) is 2.50. The SMILES string of the molecule is CC(C)(CNCCCl)c1cc(Cl)ccc1F.